The van der Waals surface area contributed by atoms with Crippen molar-refractivity contribution in [3.05, 3.63) is 82.5 Å². The number of ether oxygens (including phenoxy) is 1. The highest BCUT2D eigenvalue weighted by atomic mass is 35.5. The highest BCUT2D eigenvalue weighted by Crippen LogP contribution is 2.29. The zero-order valence-corrected chi connectivity index (χ0v) is 18.1. The summed E-state index contributed by atoms with van der Waals surface area (Å²) in [6.07, 6.45) is 1.76. The molecule has 7 nitrogen and oxygen atoms in total. The maximum atomic E-state index is 6.26. The normalized spacial score (nSPS) is 11.2. The highest BCUT2D eigenvalue weighted by molar-refractivity contribution is 7.71. The van der Waals surface area contributed by atoms with E-state index in [0.29, 0.717) is 33.6 Å². The fraction of sp³-hybridized carbons (Fsp3) is 0.0909. The van der Waals surface area contributed by atoms with E-state index < -0.39 is 0 Å². The first-order valence-corrected chi connectivity index (χ1v) is 10.3. The van der Waals surface area contributed by atoms with Gasteiger partial charge in [-0.1, -0.05) is 29.8 Å². The Bertz CT molecular complexity index is 1440. The van der Waals surface area contributed by atoms with E-state index in [1.54, 1.807) is 25.4 Å². The van der Waals surface area contributed by atoms with Crippen molar-refractivity contribution in [3.63, 3.8) is 0 Å². The Balaban J connectivity index is 1.70. The van der Waals surface area contributed by atoms with Crippen LogP contribution in [0.5, 0.6) is 5.75 Å². The fourth-order valence-electron chi connectivity index (χ4n) is 3.59. The zero-order chi connectivity index (χ0) is 21.4. The van der Waals surface area contributed by atoms with Crippen LogP contribution >= 0.6 is 23.8 Å². The number of H-pyrrole nitrogens is 1. The van der Waals surface area contributed by atoms with Gasteiger partial charge in [0.05, 0.1) is 30.4 Å². The summed E-state index contributed by atoms with van der Waals surface area (Å²) in [5.41, 5.74) is 3.35. The molecule has 0 radical (unpaired) electrons. The first-order chi connectivity index (χ1) is 15.2. The number of nitrogens with zero attached hydrogens (tertiary/aromatic N) is 5. The molecular formula is C22H17ClN6OS. The zero-order valence-electron chi connectivity index (χ0n) is 16.5. The fourth-order valence-corrected chi connectivity index (χ4v) is 4.01. The van der Waals surface area contributed by atoms with E-state index >= 15 is 0 Å². The molecule has 0 aliphatic heterocycles. The van der Waals surface area contributed by atoms with Crippen molar-refractivity contribution in [2.45, 2.75) is 6.54 Å². The number of fused-ring (bicyclic) bond motifs is 1. The second kappa shape index (κ2) is 7.98. The van der Waals surface area contributed by atoms with Crippen molar-refractivity contribution in [2.75, 3.05) is 7.11 Å². The molecule has 0 aliphatic rings. The molecule has 5 rings (SSSR count). The van der Waals surface area contributed by atoms with E-state index in [1.165, 1.54) is 0 Å². The Kier molecular flexibility index (Phi) is 5.01. The molecule has 5 aromatic rings. The standard InChI is InChI=1S/C22H17ClN6OS/c1-30-19-10-9-14(23)12-18(19)29-20(26-27-22(29)31)13-28-17-8-3-2-6-15(17)25-21(28)16-7-4-5-11-24-16/h2-12H,13H2,1H3,(H,27,31). The van der Waals surface area contributed by atoms with Gasteiger partial charge in [0.25, 0.3) is 0 Å². The first-order valence-electron chi connectivity index (χ1n) is 9.52. The number of hydrogen-bond donors (Lipinski definition) is 1. The second-order valence-electron chi connectivity index (χ2n) is 6.82. The van der Waals surface area contributed by atoms with E-state index in [1.807, 2.05) is 53.1 Å². The monoisotopic (exact) mass is 448 g/mol. The van der Waals surface area contributed by atoms with Crippen molar-refractivity contribution in [2.24, 2.45) is 0 Å². The van der Waals surface area contributed by atoms with Gasteiger partial charge < -0.3 is 9.30 Å². The third-order valence-electron chi connectivity index (χ3n) is 4.97. The highest BCUT2D eigenvalue weighted by Gasteiger charge is 2.18. The molecule has 0 saturated heterocycles. The van der Waals surface area contributed by atoms with Crippen LogP contribution in [0.25, 0.3) is 28.2 Å². The number of rotatable bonds is 5. The number of nitrogens with one attached hydrogen (secondary N) is 1. The molecule has 2 aromatic carbocycles. The predicted molar refractivity (Wildman–Crippen MR) is 122 cm³/mol. The van der Waals surface area contributed by atoms with E-state index in [-0.39, 0.29) is 0 Å². The summed E-state index contributed by atoms with van der Waals surface area (Å²) < 4.78 is 9.89. The molecule has 0 amide bonds. The van der Waals surface area contributed by atoms with E-state index in [9.17, 15) is 0 Å². The number of imidazole rings is 1. The van der Waals surface area contributed by atoms with Crippen molar-refractivity contribution < 1.29 is 4.74 Å². The third kappa shape index (κ3) is 3.49. The van der Waals surface area contributed by atoms with E-state index in [2.05, 4.69) is 19.7 Å². The molecular weight excluding hydrogens is 432 g/mol. The van der Waals surface area contributed by atoms with Crippen LogP contribution in [-0.4, -0.2) is 36.4 Å². The number of hydrogen-bond acceptors (Lipinski definition) is 5. The Morgan fingerprint density at radius 3 is 2.74 bits per heavy atom. The molecule has 1 N–H and O–H groups in total. The third-order valence-corrected chi connectivity index (χ3v) is 5.48. The number of benzene rings is 2. The Labute approximate surface area is 187 Å². The molecule has 0 fully saturated rings. The summed E-state index contributed by atoms with van der Waals surface area (Å²) >= 11 is 11.8. The van der Waals surface area contributed by atoms with Crippen molar-refractivity contribution in [3.8, 4) is 23.0 Å². The van der Waals surface area contributed by atoms with Crippen LogP contribution in [0.4, 0.5) is 0 Å². The van der Waals surface area contributed by atoms with Gasteiger partial charge in [-0.25, -0.2) is 4.98 Å². The quantitative estimate of drug-likeness (QED) is 0.381. The molecule has 3 heterocycles. The number of methoxy groups -OCH3 is 1. The maximum absolute atomic E-state index is 6.26. The lowest BCUT2D eigenvalue weighted by atomic mass is 10.2. The Morgan fingerprint density at radius 1 is 1.10 bits per heavy atom. The minimum Gasteiger partial charge on any atom is -0.495 e. The smallest absolute Gasteiger partial charge is 0.200 e. The molecule has 0 spiro atoms. The predicted octanol–water partition coefficient (Wildman–Crippen LogP) is 5.05. The van der Waals surface area contributed by atoms with Crippen molar-refractivity contribution >= 4 is 34.9 Å². The van der Waals surface area contributed by atoms with Gasteiger partial charge in [0, 0.05) is 11.2 Å². The number of halogens is 1. The molecule has 0 bridgehead atoms. The minimum absolute atomic E-state index is 0.412. The summed E-state index contributed by atoms with van der Waals surface area (Å²) in [7, 11) is 1.61. The molecule has 0 unspecified atom stereocenters. The van der Waals surface area contributed by atoms with Crippen LogP contribution in [0, 0.1) is 4.77 Å². The van der Waals surface area contributed by atoms with Crippen molar-refractivity contribution in [1.29, 1.82) is 0 Å². The summed E-state index contributed by atoms with van der Waals surface area (Å²) in [6, 6.07) is 19.1. The average Bonchev–Trinajstić information content (AvgIpc) is 3.35. The minimum atomic E-state index is 0.412. The van der Waals surface area contributed by atoms with Gasteiger partial charge in [0.1, 0.15) is 11.4 Å². The molecule has 0 aliphatic carbocycles. The van der Waals surface area contributed by atoms with Gasteiger partial charge in [-0.05, 0) is 54.7 Å². The molecule has 154 valence electrons. The van der Waals surface area contributed by atoms with Gasteiger partial charge in [-0.15, -0.1) is 0 Å². The largest absolute Gasteiger partial charge is 0.495 e. The van der Waals surface area contributed by atoms with Crippen LogP contribution < -0.4 is 4.74 Å². The van der Waals surface area contributed by atoms with Crippen LogP contribution in [0.1, 0.15) is 5.82 Å². The lowest BCUT2D eigenvalue weighted by Gasteiger charge is -2.13. The summed E-state index contributed by atoms with van der Waals surface area (Å²) in [5, 5.41) is 7.96. The van der Waals surface area contributed by atoms with Gasteiger partial charge in [-0.3, -0.25) is 14.6 Å². The first kappa shape index (κ1) is 19.5. The van der Waals surface area contributed by atoms with Gasteiger partial charge in [0.2, 0.25) is 0 Å². The number of aromatic amines is 1. The van der Waals surface area contributed by atoms with Gasteiger partial charge in [-0.2, -0.15) is 5.10 Å². The van der Waals surface area contributed by atoms with Gasteiger partial charge >= 0.3 is 0 Å². The number of para-hydroxylation sites is 2. The Morgan fingerprint density at radius 2 is 1.94 bits per heavy atom. The van der Waals surface area contributed by atoms with Crippen LogP contribution in [0.2, 0.25) is 5.02 Å². The van der Waals surface area contributed by atoms with Gasteiger partial charge in [0.15, 0.2) is 16.4 Å². The average molecular weight is 449 g/mol. The molecule has 0 atom stereocenters. The van der Waals surface area contributed by atoms with Crippen LogP contribution in [0.15, 0.2) is 66.9 Å². The van der Waals surface area contributed by atoms with Crippen molar-refractivity contribution in [1.82, 2.24) is 29.3 Å². The Hall–Kier alpha value is -3.49. The van der Waals surface area contributed by atoms with Crippen LogP contribution in [0.3, 0.4) is 0 Å². The van der Waals surface area contributed by atoms with E-state index in [0.717, 1.165) is 22.6 Å². The molecule has 31 heavy (non-hydrogen) atoms. The topological polar surface area (TPSA) is 73.6 Å². The number of pyridine rings is 1. The lowest BCUT2D eigenvalue weighted by Crippen LogP contribution is -2.10. The second-order valence-corrected chi connectivity index (χ2v) is 7.64. The summed E-state index contributed by atoms with van der Waals surface area (Å²) in [5.74, 6) is 2.08. The van der Waals surface area contributed by atoms with E-state index in [4.69, 9.17) is 33.5 Å². The molecule has 9 heteroatoms. The molecule has 3 aromatic heterocycles. The lowest BCUT2D eigenvalue weighted by molar-refractivity contribution is 0.412. The summed E-state index contributed by atoms with van der Waals surface area (Å²) in [6.45, 7) is 0.412. The summed E-state index contributed by atoms with van der Waals surface area (Å²) in [4.78, 5) is 9.31. The van der Waals surface area contributed by atoms with Crippen LogP contribution in [-0.2, 0) is 6.54 Å². The number of aromatic nitrogens is 6. The maximum Gasteiger partial charge on any atom is 0.200 e. The molecule has 0 saturated carbocycles. The SMILES string of the molecule is COc1ccc(Cl)cc1-n1c(Cn2c(-c3ccccn3)nc3ccccc32)n[nH]c1=S.